The van der Waals surface area contributed by atoms with Gasteiger partial charge in [-0.05, 0) is 33.2 Å². The number of ether oxygens (including phenoxy) is 1. The monoisotopic (exact) mass is 226 g/mol. The van der Waals surface area contributed by atoms with Gasteiger partial charge in [0.05, 0.1) is 6.61 Å². The third-order valence-corrected chi connectivity index (χ3v) is 3.56. The fourth-order valence-electron chi connectivity index (χ4n) is 2.65. The molecule has 0 bridgehead atoms. The van der Waals surface area contributed by atoms with Crippen molar-refractivity contribution >= 4 is 5.97 Å². The first-order chi connectivity index (χ1) is 7.68. The van der Waals surface area contributed by atoms with E-state index in [1.807, 2.05) is 0 Å². The normalized spacial score (nSPS) is 30.4. The van der Waals surface area contributed by atoms with Gasteiger partial charge in [0.15, 0.2) is 0 Å². The highest BCUT2D eigenvalue weighted by molar-refractivity contribution is 5.77. The van der Waals surface area contributed by atoms with Gasteiger partial charge >= 0.3 is 5.97 Å². The number of hydrogen-bond donors (Lipinski definition) is 1. The number of carbonyl (C=O) groups excluding carboxylic acids is 1. The van der Waals surface area contributed by atoms with Crippen molar-refractivity contribution in [1.29, 1.82) is 0 Å². The summed E-state index contributed by atoms with van der Waals surface area (Å²) in [5.74, 6) is -0.0355. The molecule has 0 spiro atoms. The summed E-state index contributed by atoms with van der Waals surface area (Å²) < 4.78 is 5.06. The molecular weight excluding hydrogens is 204 g/mol. The van der Waals surface area contributed by atoms with Gasteiger partial charge < -0.3 is 10.1 Å². The van der Waals surface area contributed by atoms with Gasteiger partial charge in [-0.1, -0.05) is 0 Å². The largest absolute Gasteiger partial charge is 0.464 e. The Balaban J connectivity index is 1.95. The molecule has 2 heterocycles. The number of cyclic esters (lactones) is 1. The molecule has 2 fully saturated rings. The molecule has 0 saturated carbocycles. The highest BCUT2D eigenvalue weighted by Gasteiger charge is 2.35. The molecule has 4 heteroatoms. The molecule has 0 aromatic carbocycles. The van der Waals surface area contributed by atoms with E-state index in [2.05, 4.69) is 24.1 Å². The zero-order chi connectivity index (χ0) is 11.5. The lowest BCUT2D eigenvalue weighted by molar-refractivity contribution is -0.143. The fourth-order valence-corrected chi connectivity index (χ4v) is 2.65. The first kappa shape index (κ1) is 11.9. The number of carbonyl (C=O) groups is 1. The first-order valence-electron chi connectivity index (χ1n) is 6.34. The number of esters is 1. The molecular formula is C12H22N2O2. The maximum atomic E-state index is 11.6. The zero-order valence-corrected chi connectivity index (χ0v) is 10.2. The topological polar surface area (TPSA) is 41.6 Å². The third-order valence-electron chi connectivity index (χ3n) is 3.56. The van der Waals surface area contributed by atoms with Crippen LogP contribution in [0.25, 0.3) is 0 Å². The molecule has 0 aromatic heterocycles. The third kappa shape index (κ3) is 2.55. The van der Waals surface area contributed by atoms with Crippen LogP contribution < -0.4 is 5.32 Å². The molecule has 16 heavy (non-hydrogen) atoms. The second kappa shape index (κ2) is 5.15. The minimum absolute atomic E-state index is 0.0117. The van der Waals surface area contributed by atoms with Gasteiger partial charge in [-0.25, -0.2) is 0 Å². The van der Waals surface area contributed by atoms with Crippen molar-refractivity contribution in [3.8, 4) is 0 Å². The Morgan fingerprint density at radius 2 is 2.31 bits per heavy atom. The Hall–Kier alpha value is -0.610. The quantitative estimate of drug-likeness (QED) is 0.719. The summed E-state index contributed by atoms with van der Waals surface area (Å²) in [6.07, 6.45) is 3.33. The summed E-state index contributed by atoms with van der Waals surface area (Å²) in [7, 11) is 0. The van der Waals surface area contributed by atoms with Crippen molar-refractivity contribution in [3.63, 3.8) is 0 Å². The van der Waals surface area contributed by atoms with Gasteiger partial charge in [0.25, 0.3) is 0 Å². The summed E-state index contributed by atoms with van der Waals surface area (Å²) in [5, 5.41) is 3.49. The van der Waals surface area contributed by atoms with Crippen molar-refractivity contribution in [2.45, 2.75) is 51.2 Å². The van der Waals surface area contributed by atoms with Gasteiger partial charge in [0, 0.05) is 25.0 Å². The summed E-state index contributed by atoms with van der Waals surface area (Å²) in [5.41, 5.74) is 0. The molecule has 2 rings (SSSR count). The average Bonchev–Trinajstić information content (AvgIpc) is 2.85. The Kier molecular flexibility index (Phi) is 3.82. The molecule has 2 atom stereocenters. The molecule has 0 aromatic rings. The lowest BCUT2D eigenvalue weighted by Gasteiger charge is -2.32. The van der Waals surface area contributed by atoms with E-state index in [1.54, 1.807) is 0 Å². The summed E-state index contributed by atoms with van der Waals surface area (Å²) in [6.45, 7) is 6.98. The van der Waals surface area contributed by atoms with E-state index in [0.29, 0.717) is 18.7 Å². The zero-order valence-electron chi connectivity index (χ0n) is 10.2. The molecule has 2 aliphatic heterocycles. The minimum atomic E-state index is -0.0355. The van der Waals surface area contributed by atoms with Gasteiger partial charge in [0.1, 0.15) is 6.04 Å². The standard InChI is InChI=1S/C12H22N2O2/c1-9(2)14(8-10-4-3-6-13-10)11-5-7-16-12(11)15/h9-11,13H,3-8H2,1-2H3. The van der Waals surface area contributed by atoms with Crippen LogP contribution in [0.1, 0.15) is 33.1 Å². The van der Waals surface area contributed by atoms with E-state index in [1.165, 1.54) is 12.8 Å². The van der Waals surface area contributed by atoms with E-state index in [-0.39, 0.29) is 12.0 Å². The highest BCUT2D eigenvalue weighted by Crippen LogP contribution is 2.19. The summed E-state index contributed by atoms with van der Waals surface area (Å²) in [6, 6.07) is 0.941. The van der Waals surface area contributed by atoms with E-state index in [4.69, 9.17) is 4.74 Å². The maximum absolute atomic E-state index is 11.6. The molecule has 1 N–H and O–H groups in total. The summed E-state index contributed by atoms with van der Waals surface area (Å²) >= 11 is 0. The Morgan fingerprint density at radius 3 is 2.81 bits per heavy atom. The number of hydrogen-bond acceptors (Lipinski definition) is 4. The van der Waals surface area contributed by atoms with Crippen molar-refractivity contribution in [2.24, 2.45) is 0 Å². The average molecular weight is 226 g/mol. The van der Waals surface area contributed by atoms with Crippen LogP contribution in [0.4, 0.5) is 0 Å². The smallest absolute Gasteiger partial charge is 0.323 e. The molecule has 0 aliphatic carbocycles. The van der Waals surface area contributed by atoms with Gasteiger partial charge in [-0.3, -0.25) is 9.69 Å². The van der Waals surface area contributed by atoms with E-state index in [9.17, 15) is 4.79 Å². The number of rotatable bonds is 4. The van der Waals surface area contributed by atoms with Gasteiger partial charge in [0.2, 0.25) is 0 Å². The van der Waals surface area contributed by atoms with Crippen LogP contribution in [-0.4, -0.2) is 48.7 Å². The second-order valence-electron chi connectivity index (χ2n) is 5.06. The van der Waals surface area contributed by atoms with Crippen LogP contribution in [0, 0.1) is 0 Å². The molecule has 92 valence electrons. The lowest BCUT2D eigenvalue weighted by Crippen LogP contribution is -2.48. The molecule has 4 nitrogen and oxygen atoms in total. The predicted octanol–water partition coefficient (Wildman–Crippen LogP) is 0.764. The minimum Gasteiger partial charge on any atom is -0.464 e. The van der Waals surface area contributed by atoms with Gasteiger partial charge in [-0.2, -0.15) is 0 Å². The predicted molar refractivity (Wildman–Crippen MR) is 62.2 cm³/mol. The fraction of sp³-hybridized carbons (Fsp3) is 0.917. The van der Waals surface area contributed by atoms with Crippen LogP contribution in [-0.2, 0) is 9.53 Å². The summed E-state index contributed by atoms with van der Waals surface area (Å²) in [4.78, 5) is 13.9. The highest BCUT2D eigenvalue weighted by atomic mass is 16.5. The van der Waals surface area contributed by atoms with Crippen molar-refractivity contribution in [1.82, 2.24) is 10.2 Å². The second-order valence-corrected chi connectivity index (χ2v) is 5.06. The lowest BCUT2D eigenvalue weighted by atomic mass is 10.1. The Labute approximate surface area is 97.3 Å². The number of nitrogens with one attached hydrogen (secondary N) is 1. The van der Waals surface area contributed by atoms with Gasteiger partial charge in [-0.15, -0.1) is 0 Å². The van der Waals surface area contributed by atoms with Crippen LogP contribution in [0.3, 0.4) is 0 Å². The van der Waals surface area contributed by atoms with Crippen LogP contribution in [0.2, 0.25) is 0 Å². The molecule has 2 saturated heterocycles. The molecule has 2 unspecified atom stereocenters. The number of nitrogens with zero attached hydrogens (tertiary/aromatic N) is 1. The van der Waals surface area contributed by atoms with Crippen LogP contribution >= 0.6 is 0 Å². The SMILES string of the molecule is CC(C)N(CC1CCCN1)C1CCOC1=O. The van der Waals surface area contributed by atoms with E-state index >= 15 is 0 Å². The molecule has 0 radical (unpaired) electrons. The molecule has 0 amide bonds. The Bertz CT molecular complexity index is 249. The Morgan fingerprint density at radius 1 is 1.50 bits per heavy atom. The van der Waals surface area contributed by atoms with Crippen molar-refractivity contribution < 1.29 is 9.53 Å². The molecule has 2 aliphatic rings. The first-order valence-corrected chi connectivity index (χ1v) is 6.34. The van der Waals surface area contributed by atoms with Crippen molar-refractivity contribution in [2.75, 3.05) is 19.7 Å². The van der Waals surface area contributed by atoms with Crippen LogP contribution in [0.15, 0.2) is 0 Å². The van der Waals surface area contributed by atoms with Crippen molar-refractivity contribution in [3.05, 3.63) is 0 Å². The van der Waals surface area contributed by atoms with Crippen LogP contribution in [0.5, 0.6) is 0 Å². The van der Waals surface area contributed by atoms with E-state index < -0.39 is 0 Å². The van der Waals surface area contributed by atoms with E-state index in [0.717, 1.165) is 19.5 Å². The maximum Gasteiger partial charge on any atom is 0.323 e.